The molecule has 0 spiro atoms. The number of thioether (sulfide) groups is 2. The van der Waals surface area contributed by atoms with Crippen LogP contribution in [0, 0.1) is 0 Å². The smallest absolute Gasteiger partial charge is 0.0870 e. The van der Waals surface area contributed by atoms with Crippen LogP contribution in [0.5, 0.6) is 0 Å². The van der Waals surface area contributed by atoms with Crippen LogP contribution in [0.2, 0.25) is 0 Å². The molecular formula is C12H20O4S2-2. The summed E-state index contributed by atoms with van der Waals surface area (Å²) in [6, 6.07) is 0. The van der Waals surface area contributed by atoms with Gasteiger partial charge >= 0.3 is 0 Å². The summed E-state index contributed by atoms with van der Waals surface area (Å²) in [4.78, 5) is 17.9. The minimum Gasteiger partial charge on any atom is -0.543 e. The van der Waals surface area contributed by atoms with Crippen LogP contribution in [0.15, 0.2) is 0 Å². The Balaban J connectivity index is 0.000000241. The third kappa shape index (κ3) is 13.7. The van der Waals surface area contributed by atoms with E-state index in [-0.39, 0.29) is 0 Å². The normalized spacial score (nSPS) is 18.4. The van der Waals surface area contributed by atoms with Crippen molar-refractivity contribution in [3.63, 3.8) is 0 Å². The van der Waals surface area contributed by atoms with Crippen molar-refractivity contribution in [1.82, 2.24) is 0 Å². The van der Waals surface area contributed by atoms with Crippen molar-refractivity contribution in [2.24, 2.45) is 0 Å². The molecule has 2 fully saturated rings. The molecule has 0 bridgehead atoms. The molecule has 0 unspecified atom stereocenters. The van der Waals surface area contributed by atoms with Gasteiger partial charge in [0, 0.05) is 0 Å². The van der Waals surface area contributed by atoms with Crippen LogP contribution in [0.3, 0.4) is 0 Å². The molecule has 0 aromatic heterocycles. The van der Waals surface area contributed by atoms with E-state index in [9.17, 15) is 0 Å². The van der Waals surface area contributed by atoms with Gasteiger partial charge in [-0.25, -0.2) is 0 Å². The standard InChI is InChI=1S/2C5H10S.C2H2O4/c2*1-2-4-6-5-3-1;3-1(4)2(5)6/h2*1-5H2;(H,3,4)(H,5,6)/p-2. The van der Waals surface area contributed by atoms with E-state index in [2.05, 4.69) is 23.5 Å². The van der Waals surface area contributed by atoms with Crippen LogP contribution < -0.4 is 10.2 Å². The lowest BCUT2D eigenvalue weighted by molar-refractivity contribution is -0.345. The van der Waals surface area contributed by atoms with Gasteiger partial charge in [-0.2, -0.15) is 23.5 Å². The Morgan fingerprint density at radius 1 is 0.611 bits per heavy atom. The van der Waals surface area contributed by atoms with E-state index in [4.69, 9.17) is 19.8 Å². The van der Waals surface area contributed by atoms with E-state index in [0.717, 1.165) is 0 Å². The summed E-state index contributed by atoms with van der Waals surface area (Å²) in [7, 11) is 0. The fraction of sp³-hybridized carbons (Fsp3) is 0.833. The van der Waals surface area contributed by atoms with Gasteiger partial charge in [0.15, 0.2) is 0 Å². The fourth-order valence-corrected chi connectivity index (χ4v) is 3.42. The molecule has 0 amide bonds. The van der Waals surface area contributed by atoms with Gasteiger partial charge in [-0.15, -0.1) is 0 Å². The van der Waals surface area contributed by atoms with Gasteiger partial charge in [0.25, 0.3) is 0 Å². The molecule has 2 aliphatic rings. The molecule has 6 heteroatoms. The zero-order chi connectivity index (χ0) is 13.6. The third-order valence-electron chi connectivity index (χ3n) is 2.32. The van der Waals surface area contributed by atoms with Crippen molar-refractivity contribution in [2.75, 3.05) is 23.0 Å². The Hall–Kier alpha value is -0.360. The van der Waals surface area contributed by atoms with Crippen molar-refractivity contribution < 1.29 is 19.8 Å². The highest BCUT2D eigenvalue weighted by Gasteiger charge is 1.96. The fourth-order valence-electron chi connectivity index (χ4n) is 1.37. The quantitative estimate of drug-likeness (QED) is 0.597. The number of hydrogen-bond acceptors (Lipinski definition) is 6. The molecule has 2 aliphatic heterocycles. The maximum absolute atomic E-state index is 8.93. The van der Waals surface area contributed by atoms with E-state index >= 15 is 0 Å². The molecule has 0 N–H and O–H groups in total. The van der Waals surface area contributed by atoms with E-state index in [1.165, 1.54) is 61.5 Å². The van der Waals surface area contributed by atoms with Crippen LogP contribution in [-0.2, 0) is 9.59 Å². The number of carboxylic acid groups (broad SMARTS) is 2. The predicted octanol–water partition coefficient (Wildman–Crippen LogP) is 0.293. The zero-order valence-electron chi connectivity index (χ0n) is 10.5. The first-order valence-corrected chi connectivity index (χ1v) is 8.53. The van der Waals surface area contributed by atoms with Crippen molar-refractivity contribution in [1.29, 1.82) is 0 Å². The molecule has 0 saturated carbocycles. The second-order valence-corrected chi connectivity index (χ2v) is 6.37. The van der Waals surface area contributed by atoms with Crippen LogP contribution in [0.25, 0.3) is 0 Å². The molecule has 4 nitrogen and oxygen atoms in total. The summed E-state index contributed by atoms with van der Waals surface area (Å²) >= 11 is 4.19. The minimum absolute atomic E-state index is 1.42. The van der Waals surface area contributed by atoms with E-state index in [0.29, 0.717) is 0 Å². The summed E-state index contributed by atoms with van der Waals surface area (Å²) in [5.74, 6) is 1.30. The number of rotatable bonds is 0. The second kappa shape index (κ2) is 13.1. The SMILES string of the molecule is C1CCSCC1.C1CCSCC1.O=C([O-])C(=O)[O-]. The molecule has 0 aromatic rings. The monoisotopic (exact) mass is 292 g/mol. The molecule has 0 aromatic carbocycles. The van der Waals surface area contributed by atoms with Gasteiger partial charge in [0.2, 0.25) is 0 Å². The second-order valence-electron chi connectivity index (χ2n) is 3.92. The molecule has 2 saturated heterocycles. The van der Waals surface area contributed by atoms with Gasteiger partial charge < -0.3 is 19.8 Å². The number of carbonyl (C=O) groups excluding carboxylic acids is 2. The Morgan fingerprint density at radius 3 is 0.944 bits per heavy atom. The zero-order valence-corrected chi connectivity index (χ0v) is 12.2. The molecular weight excluding hydrogens is 272 g/mol. The lowest BCUT2D eigenvalue weighted by Gasteiger charge is -2.05. The lowest BCUT2D eigenvalue weighted by atomic mass is 10.3. The predicted molar refractivity (Wildman–Crippen MR) is 72.4 cm³/mol. The van der Waals surface area contributed by atoms with Gasteiger partial charge in [0.1, 0.15) is 0 Å². The van der Waals surface area contributed by atoms with Crippen LogP contribution in [-0.4, -0.2) is 35.0 Å². The first-order valence-electron chi connectivity index (χ1n) is 6.22. The summed E-state index contributed by atoms with van der Waals surface area (Å²) in [6.07, 6.45) is 8.81. The van der Waals surface area contributed by atoms with E-state index < -0.39 is 11.9 Å². The van der Waals surface area contributed by atoms with Gasteiger partial charge in [-0.05, 0) is 48.7 Å². The third-order valence-corrected chi connectivity index (χ3v) is 4.63. The summed E-state index contributed by atoms with van der Waals surface area (Å²) < 4.78 is 0. The van der Waals surface area contributed by atoms with E-state index in [1.807, 2.05) is 0 Å². The first kappa shape index (κ1) is 17.6. The van der Waals surface area contributed by atoms with Crippen molar-refractivity contribution in [2.45, 2.75) is 38.5 Å². The highest BCUT2D eigenvalue weighted by atomic mass is 32.2. The summed E-state index contributed by atoms with van der Waals surface area (Å²) in [5, 5.41) is 17.9. The maximum Gasteiger partial charge on any atom is 0.0870 e. The highest BCUT2D eigenvalue weighted by Crippen LogP contribution is 2.15. The lowest BCUT2D eigenvalue weighted by Crippen LogP contribution is -2.42. The van der Waals surface area contributed by atoms with Crippen molar-refractivity contribution >= 4 is 35.5 Å². The van der Waals surface area contributed by atoms with Gasteiger partial charge in [0.05, 0.1) is 11.9 Å². The summed E-state index contributed by atoms with van der Waals surface area (Å²) in [5.41, 5.74) is 0. The molecule has 0 atom stereocenters. The number of hydrogen-bond donors (Lipinski definition) is 0. The number of carboxylic acids is 2. The Morgan fingerprint density at radius 2 is 0.889 bits per heavy atom. The number of aliphatic carboxylic acids is 2. The van der Waals surface area contributed by atoms with Crippen LogP contribution in [0.4, 0.5) is 0 Å². The average Bonchev–Trinajstić information content (AvgIpc) is 2.44. The van der Waals surface area contributed by atoms with Crippen molar-refractivity contribution in [3.05, 3.63) is 0 Å². The highest BCUT2D eigenvalue weighted by molar-refractivity contribution is 7.99. The molecule has 0 radical (unpaired) electrons. The largest absolute Gasteiger partial charge is 0.543 e. The first-order chi connectivity index (χ1) is 8.64. The van der Waals surface area contributed by atoms with Gasteiger partial charge in [-0.1, -0.05) is 12.8 Å². The molecule has 0 aliphatic carbocycles. The van der Waals surface area contributed by atoms with Crippen LogP contribution in [0.1, 0.15) is 38.5 Å². The molecule has 18 heavy (non-hydrogen) atoms. The minimum atomic E-state index is -2.19. The number of carbonyl (C=O) groups is 2. The summed E-state index contributed by atoms with van der Waals surface area (Å²) in [6.45, 7) is 0. The van der Waals surface area contributed by atoms with Crippen molar-refractivity contribution in [3.8, 4) is 0 Å². The molecule has 2 rings (SSSR count). The Labute approximate surface area is 117 Å². The molecule has 2 heterocycles. The van der Waals surface area contributed by atoms with Gasteiger partial charge in [-0.3, -0.25) is 0 Å². The Bertz CT molecular complexity index is 179. The maximum atomic E-state index is 8.93. The topological polar surface area (TPSA) is 80.3 Å². The molecule has 106 valence electrons. The van der Waals surface area contributed by atoms with Crippen LogP contribution >= 0.6 is 23.5 Å². The average molecular weight is 292 g/mol. The Kier molecular flexibility index (Phi) is 12.8. The van der Waals surface area contributed by atoms with E-state index in [1.54, 1.807) is 0 Å².